The number of carbonyl (C=O) groups excluding carboxylic acids is 2. The predicted molar refractivity (Wildman–Crippen MR) is 67.2 cm³/mol. The lowest BCUT2D eigenvalue weighted by Gasteiger charge is -2.16. The van der Waals surface area contributed by atoms with Crippen molar-refractivity contribution in [3.8, 4) is 0 Å². The molecule has 0 aliphatic carbocycles. The Bertz CT molecular complexity index is 523. The zero-order chi connectivity index (χ0) is 12.3. The number of thiophene rings is 1. The summed E-state index contributed by atoms with van der Waals surface area (Å²) < 4.78 is 0. The summed E-state index contributed by atoms with van der Waals surface area (Å²) in [6.07, 6.45) is 0. The molecule has 3 amide bonds. The van der Waals surface area contributed by atoms with Crippen LogP contribution in [0.5, 0.6) is 0 Å². The van der Waals surface area contributed by atoms with Gasteiger partial charge in [0.25, 0.3) is 5.91 Å². The fourth-order valence-electron chi connectivity index (χ4n) is 1.44. The standard InChI is InChI=1S/C12H10N2O2S/c13-12(16)14(10-6-7-17-8-10)11(15)9-4-2-1-3-5-9/h1-8H,(H2,13,16). The van der Waals surface area contributed by atoms with Gasteiger partial charge in [0.1, 0.15) is 0 Å². The molecule has 1 aromatic heterocycles. The molecule has 2 N–H and O–H groups in total. The summed E-state index contributed by atoms with van der Waals surface area (Å²) in [6, 6.07) is 9.46. The second-order valence-corrected chi connectivity index (χ2v) is 4.11. The van der Waals surface area contributed by atoms with E-state index in [2.05, 4.69) is 0 Å². The number of imide groups is 1. The van der Waals surface area contributed by atoms with Crippen LogP contribution in [-0.2, 0) is 0 Å². The van der Waals surface area contributed by atoms with Gasteiger partial charge in [-0.3, -0.25) is 4.79 Å². The number of nitrogens with two attached hydrogens (primary N) is 1. The Kier molecular flexibility index (Phi) is 3.20. The zero-order valence-corrected chi connectivity index (χ0v) is 9.68. The lowest BCUT2D eigenvalue weighted by Crippen LogP contribution is -2.40. The van der Waals surface area contributed by atoms with Crippen molar-refractivity contribution in [2.75, 3.05) is 4.90 Å². The summed E-state index contributed by atoms with van der Waals surface area (Å²) in [7, 11) is 0. The molecular formula is C12H10N2O2S. The lowest BCUT2D eigenvalue weighted by atomic mass is 10.2. The number of urea groups is 1. The van der Waals surface area contributed by atoms with Gasteiger partial charge < -0.3 is 5.73 Å². The number of nitrogens with zero attached hydrogens (tertiary/aromatic N) is 1. The van der Waals surface area contributed by atoms with Gasteiger partial charge in [0.2, 0.25) is 0 Å². The van der Waals surface area contributed by atoms with Gasteiger partial charge >= 0.3 is 6.03 Å². The van der Waals surface area contributed by atoms with Gasteiger partial charge in [-0.1, -0.05) is 18.2 Å². The quantitative estimate of drug-likeness (QED) is 0.884. The molecule has 5 heteroatoms. The molecule has 0 spiro atoms. The highest BCUT2D eigenvalue weighted by Crippen LogP contribution is 2.20. The van der Waals surface area contributed by atoms with E-state index in [1.54, 1.807) is 47.2 Å². The first-order valence-electron chi connectivity index (χ1n) is 4.91. The van der Waals surface area contributed by atoms with Crippen LogP contribution >= 0.6 is 11.3 Å². The van der Waals surface area contributed by atoms with Crippen LogP contribution in [0.3, 0.4) is 0 Å². The fourth-order valence-corrected chi connectivity index (χ4v) is 2.06. The molecule has 0 bridgehead atoms. The minimum atomic E-state index is -0.780. The van der Waals surface area contributed by atoms with Crippen LogP contribution in [-0.4, -0.2) is 11.9 Å². The summed E-state index contributed by atoms with van der Waals surface area (Å²) >= 11 is 1.40. The fraction of sp³-hybridized carbons (Fsp3) is 0. The second-order valence-electron chi connectivity index (χ2n) is 3.33. The van der Waals surface area contributed by atoms with E-state index in [9.17, 15) is 9.59 Å². The highest BCUT2D eigenvalue weighted by molar-refractivity contribution is 7.08. The predicted octanol–water partition coefficient (Wildman–Crippen LogP) is 2.47. The van der Waals surface area contributed by atoms with Crippen LogP contribution in [0.25, 0.3) is 0 Å². The lowest BCUT2D eigenvalue weighted by molar-refractivity contribution is 0.0995. The number of hydrogen-bond donors (Lipinski definition) is 1. The number of anilines is 1. The van der Waals surface area contributed by atoms with Crippen LogP contribution in [0.15, 0.2) is 47.2 Å². The SMILES string of the molecule is NC(=O)N(C(=O)c1ccccc1)c1ccsc1. The maximum atomic E-state index is 12.1. The van der Waals surface area contributed by atoms with E-state index in [0.717, 1.165) is 4.90 Å². The first kappa shape index (κ1) is 11.3. The molecule has 4 nitrogen and oxygen atoms in total. The van der Waals surface area contributed by atoms with E-state index in [0.29, 0.717) is 11.3 Å². The third-order valence-electron chi connectivity index (χ3n) is 2.21. The number of rotatable bonds is 2. The number of hydrogen-bond acceptors (Lipinski definition) is 3. The highest BCUT2D eigenvalue weighted by Gasteiger charge is 2.22. The molecule has 0 saturated carbocycles. The summed E-state index contributed by atoms with van der Waals surface area (Å²) in [5.74, 6) is -0.420. The second kappa shape index (κ2) is 4.80. The summed E-state index contributed by atoms with van der Waals surface area (Å²) in [5.41, 5.74) is 6.16. The average molecular weight is 246 g/mol. The summed E-state index contributed by atoms with van der Waals surface area (Å²) in [4.78, 5) is 24.4. The van der Waals surface area contributed by atoms with Crippen molar-refractivity contribution in [1.29, 1.82) is 0 Å². The van der Waals surface area contributed by atoms with Gasteiger partial charge in [-0.25, -0.2) is 9.69 Å². The zero-order valence-electron chi connectivity index (χ0n) is 8.87. The van der Waals surface area contributed by atoms with E-state index in [4.69, 9.17) is 5.73 Å². The van der Waals surface area contributed by atoms with E-state index in [-0.39, 0.29) is 0 Å². The maximum absolute atomic E-state index is 12.1. The Morgan fingerprint density at radius 2 is 1.82 bits per heavy atom. The maximum Gasteiger partial charge on any atom is 0.326 e. The van der Waals surface area contributed by atoms with Crippen LogP contribution in [0, 0.1) is 0 Å². The van der Waals surface area contributed by atoms with Gasteiger partial charge in [-0.05, 0) is 23.6 Å². The molecular weight excluding hydrogens is 236 g/mol. The van der Waals surface area contributed by atoms with Crippen LogP contribution in [0.4, 0.5) is 10.5 Å². The highest BCUT2D eigenvalue weighted by atomic mass is 32.1. The Hall–Kier alpha value is -2.14. The average Bonchev–Trinajstić information content (AvgIpc) is 2.83. The molecule has 1 heterocycles. The summed E-state index contributed by atoms with van der Waals surface area (Å²) in [6.45, 7) is 0. The molecule has 17 heavy (non-hydrogen) atoms. The first-order chi connectivity index (χ1) is 8.20. The largest absolute Gasteiger partial charge is 0.351 e. The van der Waals surface area contributed by atoms with Gasteiger partial charge in [0, 0.05) is 10.9 Å². The van der Waals surface area contributed by atoms with Crippen molar-refractivity contribution in [1.82, 2.24) is 0 Å². The minimum absolute atomic E-state index is 0.420. The monoisotopic (exact) mass is 246 g/mol. The molecule has 0 fully saturated rings. The smallest absolute Gasteiger partial charge is 0.326 e. The van der Waals surface area contributed by atoms with Gasteiger partial charge in [0.15, 0.2) is 0 Å². The van der Waals surface area contributed by atoms with E-state index in [1.165, 1.54) is 11.3 Å². The topological polar surface area (TPSA) is 63.4 Å². The molecule has 1 aromatic carbocycles. The Morgan fingerprint density at radius 1 is 1.12 bits per heavy atom. The van der Waals surface area contributed by atoms with Crippen molar-refractivity contribution in [3.05, 3.63) is 52.7 Å². The molecule has 86 valence electrons. The van der Waals surface area contributed by atoms with Crippen molar-refractivity contribution < 1.29 is 9.59 Å². The van der Waals surface area contributed by atoms with Crippen LogP contribution in [0.1, 0.15) is 10.4 Å². The molecule has 0 radical (unpaired) electrons. The van der Waals surface area contributed by atoms with Gasteiger partial charge in [-0.15, -0.1) is 0 Å². The molecule has 0 atom stereocenters. The summed E-state index contributed by atoms with van der Waals surface area (Å²) in [5, 5.41) is 3.48. The van der Waals surface area contributed by atoms with Crippen LogP contribution in [0.2, 0.25) is 0 Å². The van der Waals surface area contributed by atoms with E-state index >= 15 is 0 Å². The molecule has 0 saturated heterocycles. The van der Waals surface area contributed by atoms with Crippen molar-refractivity contribution in [2.45, 2.75) is 0 Å². The molecule has 0 aliphatic heterocycles. The number of carbonyl (C=O) groups is 2. The third kappa shape index (κ3) is 2.34. The number of benzene rings is 1. The van der Waals surface area contributed by atoms with Gasteiger partial charge in [0.05, 0.1) is 5.69 Å². The molecule has 2 rings (SSSR count). The normalized spacial score (nSPS) is 9.88. The molecule has 2 aromatic rings. The van der Waals surface area contributed by atoms with E-state index in [1.807, 2.05) is 0 Å². The number of primary amides is 1. The minimum Gasteiger partial charge on any atom is -0.351 e. The first-order valence-corrected chi connectivity index (χ1v) is 5.85. The Morgan fingerprint density at radius 3 is 2.35 bits per heavy atom. The Labute approximate surface area is 102 Å². The van der Waals surface area contributed by atoms with Gasteiger partial charge in [-0.2, -0.15) is 11.3 Å². The Balaban J connectivity index is 2.36. The number of amides is 3. The third-order valence-corrected chi connectivity index (χ3v) is 2.88. The molecule has 0 aliphatic rings. The van der Waals surface area contributed by atoms with Crippen LogP contribution < -0.4 is 10.6 Å². The van der Waals surface area contributed by atoms with Crippen molar-refractivity contribution in [2.24, 2.45) is 5.73 Å². The van der Waals surface area contributed by atoms with Crippen molar-refractivity contribution in [3.63, 3.8) is 0 Å². The molecule has 0 unspecified atom stereocenters. The van der Waals surface area contributed by atoms with E-state index < -0.39 is 11.9 Å². The van der Waals surface area contributed by atoms with Crippen molar-refractivity contribution >= 4 is 29.0 Å².